The van der Waals surface area contributed by atoms with E-state index in [1.165, 1.54) is 6.92 Å². The molecular weight excluding hydrogens is 345 g/mol. The van der Waals surface area contributed by atoms with Crippen LogP contribution >= 0.6 is 28.1 Å². The third-order valence-corrected chi connectivity index (χ3v) is 4.26. The number of anilines is 1. The average Bonchev–Trinajstić information content (AvgIpc) is 2.79. The lowest BCUT2D eigenvalue weighted by atomic mass is 10.2. The van der Waals surface area contributed by atoms with Crippen LogP contribution in [0.25, 0.3) is 0 Å². The second kappa shape index (κ2) is 6.05. The molecule has 0 saturated carbocycles. The number of halogens is 2. The molecule has 1 unspecified atom stereocenters. The van der Waals surface area contributed by atoms with Crippen molar-refractivity contribution < 1.29 is 9.18 Å². The lowest BCUT2D eigenvalue weighted by Gasteiger charge is -2.21. The molecule has 7 heteroatoms. The first-order valence-electron chi connectivity index (χ1n) is 6.20. The van der Waals surface area contributed by atoms with Crippen LogP contribution in [0.3, 0.4) is 0 Å². The molecule has 0 aliphatic carbocycles. The lowest BCUT2D eigenvalue weighted by molar-refractivity contribution is -0.119. The number of hydrogen-bond donors (Lipinski definition) is 2. The maximum atomic E-state index is 14.4. The molecule has 1 amide bonds. The predicted octanol–water partition coefficient (Wildman–Crippen LogP) is 1.94. The van der Waals surface area contributed by atoms with Gasteiger partial charge in [-0.15, -0.1) is 0 Å². The topological polar surface area (TPSA) is 58.4 Å². The molecule has 1 aromatic rings. The third kappa shape index (κ3) is 3.09. The quantitative estimate of drug-likeness (QED) is 0.809. The van der Waals surface area contributed by atoms with Gasteiger partial charge in [-0.25, -0.2) is 4.39 Å². The van der Waals surface area contributed by atoms with Crippen LogP contribution in [0.15, 0.2) is 16.6 Å². The van der Waals surface area contributed by atoms with Gasteiger partial charge in [-0.2, -0.15) is 0 Å². The summed E-state index contributed by atoms with van der Waals surface area (Å²) in [6.07, 6.45) is 0.799. The highest BCUT2D eigenvalue weighted by Crippen LogP contribution is 2.31. The van der Waals surface area contributed by atoms with E-state index in [0.29, 0.717) is 24.3 Å². The number of rotatable bonds is 3. The molecule has 1 heterocycles. The molecular formula is C13H15BrFN3OS. The Hall–Kier alpha value is -1.21. The second-order valence-corrected chi connectivity index (χ2v) is 5.99. The molecule has 1 aromatic carbocycles. The van der Waals surface area contributed by atoms with Crippen molar-refractivity contribution in [3.63, 3.8) is 0 Å². The molecule has 1 aliphatic rings. The summed E-state index contributed by atoms with van der Waals surface area (Å²) < 4.78 is 14.7. The zero-order valence-corrected chi connectivity index (χ0v) is 13.4. The van der Waals surface area contributed by atoms with Crippen molar-refractivity contribution in [2.24, 2.45) is 5.73 Å². The van der Waals surface area contributed by atoms with E-state index in [1.54, 1.807) is 12.1 Å². The zero-order chi connectivity index (χ0) is 14.9. The summed E-state index contributed by atoms with van der Waals surface area (Å²) in [7, 11) is 0. The van der Waals surface area contributed by atoms with E-state index in [2.05, 4.69) is 21.2 Å². The highest BCUT2D eigenvalue weighted by atomic mass is 79.9. The molecule has 108 valence electrons. The molecule has 0 spiro atoms. The Morgan fingerprint density at radius 3 is 2.90 bits per heavy atom. The molecule has 3 N–H and O–H groups in total. The first kappa shape index (κ1) is 15.2. The van der Waals surface area contributed by atoms with Crippen molar-refractivity contribution in [3.8, 4) is 0 Å². The Morgan fingerprint density at radius 2 is 2.30 bits per heavy atom. The molecule has 1 aliphatic heterocycles. The van der Waals surface area contributed by atoms with E-state index in [-0.39, 0.29) is 27.2 Å². The zero-order valence-electron chi connectivity index (χ0n) is 11.0. The Morgan fingerprint density at radius 1 is 1.60 bits per heavy atom. The summed E-state index contributed by atoms with van der Waals surface area (Å²) in [4.78, 5) is 13.1. The van der Waals surface area contributed by atoms with Crippen molar-refractivity contribution in [1.29, 1.82) is 0 Å². The predicted molar refractivity (Wildman–Crippen MR) is 84.4 cm³/mol. The summed E-state index contributed by atoms with van der Waals surface area (Å²) in [5.74, 6) is -0.443. The number of amides is 1. The monoisotopic (exact) mass is 359 g/mol. The Balaban J connectivity index is 2.21. The van der Waals surface area contributed by atoms with Crippen LogP contribution in [-0.2, 0) is 4.79 Å². The number of thiocarbonyl (C=S) groups is 1. The fourth-order valence-corrected chi connectivity index (χ4v) is 3.21. The van der Waals surface area contributed by atoms with Crippen molar-refractivity contribution >= 4 is 44.7 Å². The summed E-state index contributed by atoms with van der Waals surface area (Å²) in [5.41, 5.74) is 6.51. The van der Waals surface area contributed by atoms with E-state index in [0.717, 1.165) is 6.42 Å². The number of carbonyl (C=O) groups excluding carboxylic acids is 1. The normalized spacial score (nSPS) is 18.1. The van der Waals surface area contributed by atoms with Gasteiger partial charge in [-0.05, 0) is 34.5 Å². The summed E-state index contributed by atoms with van der Waals surface area (Å²) in [6, 6.07) is 3.43. The SMILES string of the molecule is CC(=O)NC1CCN(c2ccc(C(N)=S)c(Br)c2F)C1. The molecule has 20 heavy (non-hydrogen) atoms. The van der Waals surface area contributed by atoms with Gasteiger partial charge in [0.15, 0.2) is 5.82 Å². The molecule has 4 nitrogen and oxygen atoms in total. The van der Waals surface area contributed by atoms with Gasteiger partial charge in [0.05, 0.1) is 10.2 Å². The van der Waals surface area contributed by atoms with Gasteiger partial charge in [0.2, 0.25) is 5.91 Å². The van der Waals surface area contributed by atoms with E-state index >= 15 is 0 Å². The van der Waals surface area contributed by atoms with Gasteiger partial charge in [-0.3, -0.25) is 4.79 Å². The largest absolute Gasteiger partial charge is 0.389 e. The highest BCUT2D eigenvalue weighted by Gasteiger charge is 2.26. The van der Waals surface area contributed by atoms with Crippen LogP contribution in [0.2, 0.25) is 0 Å². The Labute approximate surface area is 130 Å². The van der Waals surface area contributed by atoms with Crippen molar-refractivity contribution in [1.82, 2.24) is 5.32 Å². The number of nitrogens with two attached hydrogens (primary N) is 1. The molecule has 0 aromatic heterocycles. The minimum Gasteiger partial charge on any atom is -0.389 e. The van der Waals surface area contributed by atoms with Crippen molar-refractivity contribution in [2.75, 3.05) is 18.0 Å². The maximum Gasteiger partial charge on any atom is 0.217 e. The Bertz CT molecular complexity index is 567. The van der Waals surface area contributed by atoms with E-state index in [1.807, 2.05) is 4.90 Å². The fraction of sp³-hybridized carbons (Fsp3) is 0.385. The van der Waals surface area contributed by atoms with Crippen molar-refractivity contribution in [2.45, 2.75) is 19.4 Å². The first-order chi connectivity index (χ1) is 9.40. The summed E-state index contributed by atoms with van der Waals surface area (Å²) in [5, 5.41) is 2.85. The minimum atomic E-state index is -0.376. The van der Waals surface area contributed by atoms with Crippen LogP contribution in [0.5, 0.6) is 0 Å². The number of carbonyl (C=O) groups is 1. The van der Waals surface area contributed by atoms with E-state index in [4.69, 9.17) is 18.0 Å². The molecule has 1 atom stereocenters. The second-order valence-electron chi connectivity index (χ2n) is 4.76. The number of nitrogens with one attached hydrogen (secondary N) is 1. The lowest BCUT2D eigenvalue weighted by Crippen LogP contribution is -2.35. The van der Waals surface area contributed by atoms with Crippen LogP contribution in [0, 0.1) is 5.82 Å². The smallest absolute Gasteiger partial charge is 0.217 e. The van der Waals surface area contributed by atoms with Gasteiger partial charge in [0.1, 0.15) is 4.99 Å². The van der Waals surface area contributed by atoms with Gasteiger partial charge < -0.3 is 16.0 Å². The third-order valence-electron chi connectivity index (χ3n) is 3.26. The molecule has 2 rings (SSSR count). The van der Waals surface area contributed by atoms with Gasteiger partial charge in [0, 0.05) is 31.6 Å². The van der Waals surface area contributed by atoms with Gasteiger partial charge in [-0.1, -0.05) is 12.2 Å². The van der Waals surface area contributed by atoms with Crippen LogP contribution in [0.4, 0.5) is 10.1 Å². The summed E-state index contributed by atoms with van der Waals surface area (Å²) >= 11 is 8.07. The molecule has 1 saturated heterocycles. The van der Waals surface area contributed by atoms with Crippen LogP contribution in [-0.4, -0.2) is 30.0 Å². The maximum absolute atomic E-state index is 14.4. The molecule has 1 fully saturated rings. The van der Waals surface area contributed by atoms with E-state index < -0.39 is 0 Å². The minimum absolute atomic E-state index is 0.0564. The summed E-state index contributed by atoms with van der Waals surface area (Å²) in [6.45, 7) is 2.77. The van der Waals surface area contributed by atoms with Crippen LogP contribution < -0.4 is 16.0 Å². The van der Waals surface area contributed by atoms with E-state index in [9.17, 15) is 9.18 Å². The molecule has 0 bridgehead atoms. The average molecular weight is 360 g/mol. The number of hydrogen-bond acceptors (Lipinski definition) is 3. The highest BCUT2D eigenvalue weighted by molar-refractivity contribution is 9.10. The Kier molecular flexibility index (Phi) is 4.59. The fourth-order valence-electron chi connectivity index (χ4n) is 2.36. The van der Waals surface area contributed by atoms with Crippen LogP contribution in [0.1, 0.15) is 18.9 Å². The molecule has 0 radical (unpaired) electrons. The van der Waals surface area contributed by atoms with Gasteiger partial charge in [0.25, 0.3) is 0 Å². The first-order valence-corrected chi connectivity index (χ1v) is 7.40. The number of nitrogens with zero attached hydrogens (tertiary/aromatic N) is 1. The van der Waals surface area contributed by atoms with Gasteiger partial charge >= 0.3 is 0 Å². The van der Waals surface area contributed by atoms with Crippen molar-refractivity contribution in [3.05, 3.63) is 28.0 Å². The number of benzene rings is 1. The standard InChI is InChI=1S/C13H15BrFN3OS/c1-7(19)17-8-4-5-18(6-8)10-3-2-9(13(16)20)11(14)12(10)15/h2-3,8H,4-6H2,1H3,(H2,16,20)(H,17,19).